The van der Waals surface area contributed by atoms with E-state index in [2.05, 4.69) is 22.9 Å². The van der Waals surface area contributed by atoms with Crippen molar-refractivity contribution in [2.75, 3.05) is 13.2 Å². The molecular formula is C17H24BrClO2. The molecule has 1 aliphatic heterocycles. The van der Waals surface area contributed by atoms with Crippen LogP contribution in [0.5, 0.6) is 11.5 Å². The fourth-order valence-corrected chi connectivity index (χ4v) is 3.59. The molecule has 4 heteroatoms. The maximum Gasteiger partial charge on any atom is 0.162 e. The smallest absolute Gasteiger partial charge is 0.162 e. The monoisotopic (exact) mass is 374 g/mol. The number of halogens is 2. The fraction of sp³-hybridized carbons (Fsp3) is 0.647. The molecule has 1 aliphatic rings. The summed E-state index contributed by atoms with van der Waals surface area (Å²) in [6.45, 7) is 3.65. The van der Waals surface area contributed by atoms with Crippen molar-refractivity contribution in [3.05, 3.63) is 22.2 Å². The number of fused-ring (bicyclic) bond motifs is 1. The minimum Gasteiger partial charge on any atom is -0.490 e. The van der Waals surface area contributed by atoms with Crippen molar-refractivity contribution in [1.82, 2.24) is 0 Å². The molecule has 0 saturated carbocycles. The van der Waals surface area contributed by atoms with Gasteiger partial charge < -0.3 is 9.47 Å². The zero-order valence-corrected chi connectivity index (χ0v) is 15.0. The van der Waals surface area contributed by atoms with E-state index in [-0.39, 0.29) is 5.38 Å². The van der Waals surface area contributed by atoms with E-state index < -0.39 is 0 Å². The summed E-state index contributed by atoms with van der Waals surface area (Å²) in [5, 5.41) is 0.0261. The molecule has 21 heavy (non-hydrogen) atoms. The van der Waals surface area contributed by atoms with Gasteiger partial charge in [-0.2, -0.15) is 0 Å². The second kappa shape index (κ2) is 8.89. The Morgan fingerprint density at radius 2 is 1.76 bits per heavy atom. The van der Waals surface area contributed by atoms with Crippen molar-refractivity contribution in [3.63, 3.8) is 0 Å². The van der Waals surface area contributed by atoms with Crippen LogP contribution in [-0.4, -0.2) is 13.2 Å². The normalized spacial score (nSPS) is 15.6. The zero-order valence-electron chi connectivity index (χ0n) is 12.7. The van der Waals surface area contributed by atoms with E-state index in [1.54, 1.807) is 0 Å². The Hall–Kier alpha value is -0.410. The SMILES string of the molecule is CCCCCCCC(Cl)c1cc2c(cc1Br)OCCCO2. The van der Waals surface area contributed by atoms with Crippen molar-refractivity contribution < 1.29 is 9.47 Å². The number of rotatable bonds is 7. The average molecular weight is 376 g/mol. The number of alkyl halides is 1. The highest BCUT2D eigenvalue weighted by Crippen LogP contribution is 2.40. The minimum absolute atomic E-state index is 0.0261. The van der Waals surface area contributed by atoms with Gasteiger partial charge in [0.1, 0.15) is 0 Å². The van der Waals surface area contributed by atoms with Gasteiger partial charge in [0.05, 0.1) is 18.6 Å². The van der Waals surface area contributed by atoms with Crippen molar-refractivity contribution in [1.29, 1.82) is 0 Å². The molecule has 1 aromatic rings. The van der Waals surface area contributed by atoms with Crippen molar-refractivity contribution in [2.24, 2.45) is 0 Å². The van der Waals surface area contributed by atoms with Gasteiger partial charge in [-0.3, -0.25) is 0 Å². The van der Waals surface area contributed by atoms with E-state index in [0.717, 1.165) is 34.4 Å². The molecule has 0 fully saturated rings. The van der Waals surface area contributed by atoms with Crippen LogP contribution in [0.15, 0.2) is 16.6 Å². The van der Waals surface area contributed by atoms with Crippen LogP contribution in [0.2, 0.25) is 0 Å². The van der Waals surface area contributed by atoms with Gasteiger partial charge in [-0.25, -0.2) is 0 Å². The highest BCUT2D eigenvalue weighted by molar-refractivity contribution is 9.10. The molecule has 0 radical (unpaired) electrons. The molecular weight excluding hydrogens is 352 g/mol. The predicted octanol–water partition coefficient (Wildman–Crippen LogP) is 6.25. The van der Waals surface area contributed by atoms with Crippen LogP contribution in [-0.2, 0) is 0 Å². The number of unbranched alkanes of at least 4 members (excludes halogenated alkanes) is 4. The molecule has 0 saturated heterocycles. The summed E-state index contributed by atoms with van der Waals surface area (Å²) in [6, 6.07) is 4.02. The lowest BCUT2D eigenvalue weighted by atomic mass is 10.0. The molecule has 0 aromatic heterocycles. The first kappa shape index (κ1) is 17.0. The van der Waals surface area contributed by atoms with E-state index in [1.165, 1.54) is 32.1 Å². The van der Waals surface area contributed by atoms with Gasteiger partial charge in [0, 0.05) is 10.9 Å². The highest BCUT2D eigenvalue weighted by atomic mass is 79.9. The number of hydrogen-bond donors (Lipinski definition) is 0. The second-order valence-electron chi connectivity index (χ2n) is 5.54. The van der Waals surface area contributed by atoms with Gasteiger partial charge in [0.25, 0.3) is 0 Å². The summed E-state index contributed by atoms with van der Waals surface area (Å²) in [5.41, 5.74) is 1.11. The molecule has 1 atom stereocenters. The molecule has 0 spiro atoms. The van der Waals surface area contributed by atoms with Gasteiger partial charge in [-0.15, -0.1) is 11.6 Å². The quantitative estimate of drug-likeness (QED) is 0.414. The molecule has 118 valence electrons. The van der Waals surface area contributed by atoms with Gasteiger partial charge in [0.15, 0.2) is 11.5 Å². The standard InChI is InChI=1S/C17H24BrClO2/c1-2-3-4-5-6-8-15(19)13-11-16-17(12-14(13)18)21-10-7-9-20-16/h11-12,15H,2-10H2,1H3. The van der Waals surface area contributed by atoms with E-state index in [0.29, 0.717) is 13.2 Å². The third-order valence-corrected chi connectivity index (χ3v) is 4.91. The second-order valence-corrected chi connectivity index (χ2v) is 6.92. The lowest BCUT2D eigenvalue weighted by molar-refractivity contribution is 0.297. The van der Waals surface area contributed by atoms with Gasteiger partial charge in [0.2, 0.25) is 0 Å². The third-order valence-electron chi connectivity index (χ3n) is 3.77. The van der Waals surface area contributed by atoms with Crippen LogP contribution in [0, 0.1) is 0 Å². The molecule has 1 heterocycles. The Bertz CT molecular complexity index is 451. The van der Waals surface area contributed by atoms with Crippen LogP contribution in [0.1, 0.15) is 62.8 Å². The first-order valence-corrected chi connectivity index (χ1v) is 9.18. The molecule has 0 N–H and O–H groups in total. The number of hydrogen-bond acceptors (Lipinski definition) is 2. The number of benzene rings is 1. The van der Waals surface area contributed by atoms with Crippen molar-refractivity contribution in [3.8, 4) is 11.5 Å². The molecule has 0 amide bonds. The largest absolute Gasteiger partial charge is 0.490 e. The van der Waals surface area contributed by atoms with Crippen LogP contribution >= 0.6 is 27.5 Å². The molecule has 2 rings (SSSR count). The summed E-state index contributed by atoms with van der Waals surface area (Å²) in [5.74, 6) is 1.64. The van der Waals surface area contributed by atoms with Crippen molar-refractivity contribution in [2.45, 2.75) is 57.2 Å². The zero-order chi connectivity index (χ0) is 15.1. The molecule has 1 aromatic carbocycles. The Labute approximate surface area is 141 Å². The molecule has 1 unspecified atom stereocenters. The van der Waals surface area contributed by atoms with Crippen molar-refractivity contribution >= 4 is 27.5 Å². The average Bonchev–Trinajstić information content (AvgIpc) is 2.70. The first-order chi connectivity index (χ1) is 10.2. The van der Waals surface area contributed by atoms with Gasteiger partial charge in [-0.1, -0.05) is 55.0 Å². The van der Waals surface area contributed by atoms with Crippen LogP contribution in [0.3, 0.4) is 0 Å². The molecule has 0 aliphatic carbocycles. The predicted molar refractivity (Wildman–Crippen MR) is 91.7 cm³/mol. The van der Waals surface area contributed by atoms with Gasteiger partial charge >= 0.3 is 0 Å². The first-order valence-electron chi connectivity index (χ1n) is 7.95. The molecule has 2 nitrogen and oxygen atoms in total. The third kappa shape index (κ3) is 5.07. The summed E-state index contributed by atoms with van der Waals surface area (Å²) >= 11 is 10.2. The Balaban J connectivity index is 1.96. The van der Waals surface area contributed by atoms with Crippen LogP contribution in [0.25, 0.3) is 0 Å². The lowest BCUT2D eigenvalue weighted by Crippen LogP contribution is -1.97. The van der Waals surface area contributed by atoms with E-state index in [1.807, 2.05) is 12.1 Å². The highest BCUT2D eigenvalue weighted by Gasteiger charge is 2.18. The van der Waals surface area contributed by atoms with Crippen LogP contribution in [0.4, 0.5) is 0 Å². The summed E-state index contributed by atoms with van der Waals surface area (Å²) < 4.78 is 12.5. The van der Waals surface area contributed by atoms with E-state index >= 15 is 0 Å². The summed E-state index contributed by atoms with van der Waals surface area (Å²) in [4.78, 5) is 0. The Morgan fingerprint density at radius 1 is 1.10 bits per heavy atom. The van der Waals surface area contributed by atoms with E-state index in [4.69, 9.17) is 21.1 Å². The lowest BCUT2D eigenvalue weighted by Gasteiger charge is -2.15. The van der Waals surface area contributed by atoms with E-state index in [9.17, 15) is 0 Å². The minimum atomic E-state index is 0.0261. The fourth-order valence-electron chi connectivity index (χ4n) is 2.52. The Kier molecular flexibility index (Phi) is 7.18. The van der Waals surface area contributed by atoms with Crippen LogP contribution < -0.4 is 9.47 Å². The summed E-state index contributed by atoms with van der Waals surface area (Å²) in [7, 11) is 0. The topological polar surface area (TPSA) is 18.5 Å². The Morgan fingerprint density at radius 3 is 2.48 bits per heavy atom. The maximum absolute atomic E-state index is 6.58. The maximum atomic E-state index is 6.58. The van der Waals surface area contributed by atoms with Gasteiger partial charge in [-0.05, 0) is 24.1 Å². The number of ether oxygens (including phenoxy) is 2. The summed E-state index contributed by atoms with van der Waals surface area (Å²) in [6.07, 6.45) is 8.27. The molecule has 0 bridgehead atoms.